The van der Waals surface area contributed by atoms with Crippen molar-refractivity contribution >= 4 is 10.8 Å². The van der Waals surface area contributed by atoms with Crippen LogP contribution in [0, 0.1) is 28.7 Å². The molecule has 2 N–H and O–H groups in total. The smallest absolute Gasteiger partial charge is 0.0651 e. The molecule has 1 aromatic heterocycles. The predicted octanol–water partition coefficient (Wildman–Crippen LogP) is 10.3. The Bertz CT molecular complexity index is 1260. The van der Waals surface area contributed by atoms with Gasteiger partial charge in [0.05, 0.1) is 12.2 Å². The minimum absolute atomic E-state index is 0. The van der Waals surface area contributed by atoms with E-state index < -0.39 is 0 Å². The number of benzene rings is 2. The minimum Gasteiger partial charge on any atom is -0.392 e. The summed E-state index contributed by atoms with van der Waals surface area (Å²) in [5.74, 6) is 1.33. The van der Waals surface area contributed by atoms with Crippen molar-refractivity contribution in [2.24, 2.45) is 22.7 Å². The summed E-state index contributed by atoms with van der Waals surface area (Å²) in [7, 11) is 0. The molecule has 0 spiro atoms. The third-order valence-corrected chi connectivity index (χ3v) is 12.4. The SMILES string of the molecule is CCC1(CC)CCCC2CCCC(CC)(CC)C(O)C2C1O.[Ir].[c-]1ccccc1-c1nccc2c(C3CCCC3)cccc12. The summed E-state index contributed by atoms with van der Waals surface area (Å²) in [4.78, 5) is 4.61. The van der Waals surface area contributed by atoms with Crippen LogP contribution in [0.4, 0.5) is 0 Å². The van der Waals surface area contributed by atoms with Gasteiger partial charge in [-0.2, -0.15) is 0 Å². The Hall–Kier alpha value is -1.58. The van der Waals surface area contributed by atoms with E-state index in [1.54, 1.807) is 0 Å². The number of fused-ring (bicyclic) bond motifs is 2. The molecule has 1 heterocycles. The summed E-state index contributed by atoms with van der Waals surface area (Å²) in [6.45, 7) is 8.90. The van der Waals surface area contributed by atoms with Gasteiger partial charge in [0, 0.05) is 32.2 Å². The molecule has 6 rings (SSSR count). The second-order valence-corrected chi connectivity index (χ2v) is 14.0. The van der Waals surface area contributed by atoms with Crippen molar-refractivity contribution < 1.29 is 30.3 Å². The first-order chi connectivity index (χ1) is 20.9. The normalized spacial score (nSPS) is 26.4. The van der Waals surface area contributed by atoms with E-state index >= 15 is 0 Å². The topological polar surface area (TPSA) is 53.4 Å². The summed E-state index contributed by atoms with van der Waals surface area (Å²) >= 11 is 0. The van der Waals surface area contributed by atoms with Gasteiger partial charge in [-0.15, -0.1) is 35.9 Å². The maximum absolute atomic E-state index is 11.4. The molecule has 0 bridgehead atoms. The fourth-order valence-electron chi connectivity index (χ4n) is 9.39. The Morgan fingerprint density at radius 1 is 0.727 bits per heavy atom. The molecule has 3 nitrogen and oxygen atoms in total. The quantitative estimate of drug-likeness (QED) is 0.245. The van der Waals surface area contributed by atoms with Gasteiger partial charge in [-0.05, 0) is 115 Å². The van der Waals surface area contributed by atoms with Crippen LogP contribution in [0.15, 0.2) is 54.7 Å². The van der Waals surface area contributed by atoms with Gasteiger partial charge in [-0.3, -0.25) is 0 Å². The first kappa shape index (κ1) is 35.3. The monoisotopic (exact) mass is 775 g/mol. The third-order valence-electron chi connectivity index (χ3n) is 12.4. The summed E-state index contributed by atoms with van der Waals surface area (Å²) in [5.41, 5.74) is 3.68. The van der Waals surface area contributed by atoms with E-state index in [0.717, 1.165) is 55.7 Å². The van der Waals surface area contributed by atoms with E-state index in [2.05, 4.69) is 69.1 Å². The van der Waals surface area contributed by atoms with E-state index in [0.29, 0.717) is 5.92 Å². The zero-order chi connectivity index (χ0) is 30.5. The van der Waals surface area contributed by atoms with Crippen molar-refractivity contribution in [2.75, 3.05) is 0 Å². The Kier molecular flexibility index (Phi) is 12.7. The molecule has 1 radical (unpaired) electrons. The maximum atomic E-state index is 11.4. The van der Waals surface area contributed by atoms with E-state index in [9.17, 15) is 10.2 Å². The second-order valence-electron chi connectivity index (χ2n) is 14.0. The van der Waals surface area contributed by atoms with Gasteiger partial charge < -0.3 is 15.2 Å². The van der Waals surface area contributed by atoms with E-state index in [4.69, 9.17) is 0 Å². The number of hydrogen-bond donors (Lipinski definition) is 2. The standard InChI is InChI=1S/C20H18N.C20H38O2.Ir/c1-2-9-16(10-3-1)20-19-12-6-11-17(15-7-4-5-8-15)18(19)13-14-21-20;1-5-19(6-2)13-9-11-15-12-10-14-20(7-3,8-4)18(22)16(15)17(19)21;/h1-3,6,9,11-15H,4-5,7-8H2;15-18,21-22H,5-14H2,1-4H3;/q-1;;. The molecule has 2 atom stereocenters. The van der Waals surface area contributed by atoms with Gasteiger partial charge >= 0.3 is 0 Å². The molecule has 0 saturated heterocycles. The molecule has 243 valence electrons. The second kappa shape index (κ2) is 15.8. The van der Waals surface area contributed by atoms with Gasteiger partial charge in [-0.25, -0.2) is 0 Å². The van der Waals surface area contributed by atoms with Crippen molar-refractivity contribution in [3.8, 4) is 11.3 Å². The summed E-state index contributed by atoms with van der Waals surface area (Å²) in [5, 5.41) is 25.3. The minimum atomic E-state index is -0.333. The predicted molar refractivity (Wildman–Crippen MR) is 180 cm³/mol. The van der Waals surface area contributed by atoms with Crippen molar-refractivity contribution in [1.29, 1.82) is 0 Å². The van der Waals surface area contributed by atoms with Crippen molar-refractivity contribution in [3.63, 3.8) is 0 Å². The molecule has 3 aromatic rings. The van der Waals surface area contributed by atoms with E-state index in [1.165, 1.54) is 67.7 Å². The number of aromatic nitrogens is 1. The molecular weight excluding hydrogens is 719 g/mol. The van der Waals surface area contributed by atoms with Crippen molar-refractivity contribution in [2.45, 2.75) is 136 Å². The van der Waals surface area contributed by atoms with Crippen LogP contribution in [0.5, 0.6) is 0 Å². The fourth-order valence-corrected chi connectivity index (χ4v) is 9.39. The fraction of sp³-hybridized carbons (Fsp3) is 0.625. The Balaban J connectivity index is 0.000000196. The number of pyridine rings is 1. The van der Waals surface area contributed by atoms with Crippen LogP contribution in [0.25, 0.3) is 22.0 Å². The largest absolute Gasteiger partial charge is 0.392 e. The van der Waals surface area contributed by atoms with Crippen LogP contribution >= 0.6 is 0 Å². The summed E-state index contributed by atoms with van der Waals surface area (Å²) in [6, 6.07) is 20.2. The molecule has 3 aliphatic carbocycles. The number of hydrogen-bond acceptors (Lipinski definition) is 3. The van der Waals surface area contributed by atoms with Crippen LogP contribution < -0.4 is 0 Å². The van der Waals surface area contributed by atoms with Crippen LogP contribution in [0.1, 0.15) is 129 Å². The molecule has 2 aromatic carbocycles. The molecular formula is C40H56IrNO2-. The van der Waals surface area contributed by atoms with Gasteiger partial charge in [0.2, 0.25) is 0 Å². The van der Waals surface area contributed by atoms with Gasteiger partial charge in [0.25, 0.3) is 0 Å². The first-order valence-corrected chi connectivity index (χ1v) is 17.6. The van der Waals surface area contributed by atoms with Gasteiger partial charge in [0.1, 0.15) is 0 Å². The zero-order valence-electron chi connectivity index (χ0n) is 27.7. The third kappa shape index (κ3) is 6.90. The van der Waals surface area contributed by atoms with Crippen molar-refractivity contribution in [3.05, 3.63) is 66.4 Å². The van der Waals surface area contributed by atoms with E-state index in [1.807, 2.05) is 24.4 Å². The Morgan fingerprint density at radius 3 is 1.89 bits per heavy atom. The number of nitrogens with zero attached hydrogens (tertiary/aromatic N) is 1. The zero-order valence-corrected chi connectivity index (χ0v) is 30.1. The molecule has 0 amide bonds. The molecule has 44 heavy (non-hydrogen) atoms. The van der Waals surface area contributed by atoms with Crippen molar-refractivity contribution in [1.82, 2.24) is 4.98 Å². The van der Waals surface area contributed by atoms with Crippen LogP contribution in [-0.4, -0.2) is 27.4 Å². The molecule has 3 aliphatic rings. The van der Waals surface area contributed by atoms with Crippen LogP contribution in [0.2, 0.25) is 0 Å². The summed E-state index contributed by atoms with van der Waals surface area (Å²) < 4.78 is 0. The Labute approximate surface area is 281 Å². The first-order valence-electron chi connectivity index (χ1n) is 17.6. The maximum Gasteiger partial charge on any atom is 0.0651 e. The average Bonchev–Trinajstić information content (AvgIpc) is 3.51. The number of rotatable bonds is 6. The molecule has 0 aliphatic heterocycles. The van der Waals surface area contributed by atoms with Crippen LogP contribution in [0.3, 0.4) is 0 Å². The molecule has 4 heteroatoms. The molecule has 2 unspecified atom stereocenters. The molecule has 3 saturated carbocycles. The number of aliphatic hydroxyl groups is 2. The Morgan fingerprint density at radius 2 is 1.34 bits per heavy atom. The summed E-state index contributed by atoms with van der Waals surface area (Å²) in [6.07, 6.45) is 17.9. The van der Waals surface area contributed by atoms with E-state index in [-0.39, 0.29) is 49.1 Å². The number of aliphatic hydroxyl groups excluding tert-OH is 2. The van der Waals surface area contributed by atoms with Crippen LogP contribution in [-0.2, 0) is 20.1 Å². The van der Waals surface area contributed by atoms with Gasteiger partial charge in [-0.1, -0.05) is 71.6 Å². The van der Waals surface area contributed by atoms with Gasteiger partial charge in [0.15, 0.2) is 0 Å². The molecule has 3 fully saturated rings. The average molecular weight is 775 g/mol.